The average molecular weight is 1420 g/mol. The highest BCUT2D eigenvalue weighted by atomic mass is 16.6. The SMILES string of the molecule is CCCOC.CCOC.CCOC.COC.COC1CC1.COC1CCOC1.COC1CN(C)C1.COC1COC1.COCC1CCCN1C.COCCCN1CCOCC1.COCCN(C)C.COCCN1CCC1.COCCN1CCOCC1.COCCO.COCCOC. The maximum absolute atomic E-state index is 7.94. The lowest BCUT2D eigenvalue weighted by atomic mass is 10.2. The molecule has 2 atom stereocenters. The van der Waals surface area contributed by atoms with Crippen LogP contribution >= 0.6 is 0 Å². The zero-order valence-corrected chi connectivity index (χ0v) is 67.2. The van der Waals surface area contributed by atoms with Crippen molar-refractivity contribution in [2.75, 3.05) is 366 Å². The van der Waals surface area contributed by atoms with Crippen molar-refractivity contribution in [1.82, 2.24) is 29.4 Å². The number of likely N-dealkylation sites (tertiary alicyclic amines) is 3. The molecule has 1 saturated carbocycles. The van der Waals surface area contributed by atoms with Crippen molar-refractivity contribution in [3.8, 4) is 0 Å². The van der Waals surface area contributed by atoms with Crippen molar-refractivity contribution in [3.05, 3.63) is 0 Å². The number of hydrogen-bond donors (Lipinski definition) is 1. The van der Waals surface area contributed by atoms with E-state index in [-0.39, 0.29) is 6.61 Å². The predicted octanol–water partition coefficient (Wildman–Crippen LogP) is 5.29. The van der Waals surface area contributed by atoms with Gasteiger partial charge in [-0.15, -0.1) is 0 Å². The highest BCUT2D eigenvalue weighted by Gasteiger charge is 2.22. The summed E-state index contributed by atoms with van der Waals surface area (Å²) in [5.41, 5.74) is 0. The van der Waals surface area contributed by atoms with Crippen LogP contribution in [-0.2, 0) is 94.7 Å². The van der Waals surface area contributed by atoms with Gasteiger partial charge in [-0.2, -0.15) is 0 Å². The van der Waals surface area contributed by atoms with Crippen LogP contribution in [0.4, 0.5) is 0 Å². The van der Waals surface area contributed by atoms with Crippen LogP contribution in [0.3, 0.4) is 0 Å². The van der Waals surface area contributed by atoms with Crippen molar-refractivity contribution < 1.29 is 99.8 Å². The number of likely N-dealkylation sites (N-methyl/N-ethyl adjacent to an activating group) is 3. The fourth-order valence-electron chi connectivity index (χ4n) is 7.39. The second-order valence-electron chi connectivity index (χ2n) is 22.9. The van der Waals surface area contributed by atoms with Gasteiger partial charge in [-0.1, -0.05) is 6.92 Å². The Balaban J connectivity index is -0.000000181. The third-order valence-electron chi connectivity index (χ3n) is 14.1. The van der Waals surface area contributed by atoms with E-state index in [1.54, 1.807) is 121 Å². The summed E-state index contributed by atoms with van der Waals surface area (Å²) in [5, 5.41) is 7.94. The summed E-state index contributed by atoms with van der Waals surface area (Å²) in [7, 11) is 37.2. The summed E-state index contributed by atoms with van der Waals surface area (Å²) in [6, 6.07) is 0.690. The van der Waals surface area contributed by atoms with E-state index in [0.717, 1.165) is 190 Å². The van der Waals surface area contributed by atoms with Gasteiger partial charge in [0.05, 0.1) is 117 Å². The van der Waals surface area contributed by atoms with Crippen molar-refractivity contribution in [3.63, 3.8) is 0 Å². The van der Waals surface area contributed by atoms with Crippen molar-refractivity contribution in [1.29, 1.82) is 0 Å². The second-order valence-corrected chi connectivity index (χ2v) is 22.9. The highest BCUT2D eigenvalue weighted by Crippen LogP contribution is 2.21. The Bertz CT molecular complexity index is 1270. The van der Waals surface area contributed by atoms with Gasteiger partial charge >= 0.3 is 0 Å². The van der Waals surface area contributed by atoms with E-state index >= 15 is 0 Å². The summed E-state index contributed by atoms with van der Waals surface area (Å²) in [4.78, 5) is 13.8. The molecule has 0 spiro atoms. The zero-order valence-electron chi connectivity index (χ0n) is 67.2. The predicted molar refractivity (Wildman–Crippen MR) is 393 cm³/mol. The molecule has 1 N–H and O–H groups in total. The summed E-state index contributed by atoms with van der Waals surface area (Å²) < 4.78 is 96.5. The van der Waals surface area contributed by atoms with Gasteiger partial charge < -0.3 is 119 Å². The molecule has 97 heavy (non-hydrogen) atoms. The minimum Gasteiger partial charge on any atom is -0.394 e. The smallest absolute Gasteiger partial charge is 0.104 e. The zero-order chi connectivity index (χ0) is 74.5. The van der Waals surface area contributed by atoms with E-state index in [9.17, 15) is 0 Å². The first-order valence-corrected chi connectivity index (χ1v) is 35.0. The number of aliphatic hydroxyl groups excluding tert-OH is 1. The third kappa shape index (κ3) is 97.0. The third-order valence-corrected chi connectivity index (χ3v) is 14.1. The maximum atomic E-state index is 7.94. The number of nitrogens with zero attached hydrogens (tertiary/aromatic N) is 6. The topological polar surface area (TPSA) is 224 Å². The van der Waals surface area contributed by atoms with Crippen LogP contribution in [0, 0.1) is 0 Å². The quantitative estimate of drug-likeness (QED) is 0.0983. The normalized spacial score (nSPS) is 18.6. The maximum Gasteiger partial charge on any atom is 0.104 e. The molecule has 0 radical (unpaired) electrons. The van der Waals surface area contributed by atoms with Gasteiger partial charge in [0.15, 0.2) is 0 Å². The molecule has 2 unspecified atom stereocenters. The molecule has 0 aromatic heterocycles. The van der Waals surface area contributed by atoms with Gasteiger partial charge in [-0.3, -0.25) is 9.80 Å². The molecule has 8 fully saturated rings. The summed E-state index contributed by atoms with van der Waals surface area (Å²) in [6.07, 6.45) is 11.8. The van der Waals surface area contributed by atoms with E-state index in [2.05, 4.69) is 78.8 Å². The molecule has 0 aromatic rings. The number of aliphatic hydroxyl groups is 1. The summed E-state index contributed by atoms with van der Waals surface area (Å²) in [5.74, 6) is 0. The number of methoxy groups -OCH3 is 16. The van der Waals surface area contributed by atoms with Crippen molar-refractivity contribution >= 4 is 0 Å². The summed E-state index contributed by atoms with van der Waals surface area (Å²) in [6.45, 7) is 36.2. The molecule has 7 saturated heterocycles. The first-order valence-electron chi connectivity index (χ1n) is 35.0. The monoisotopic (exact) mass is 1420 g/mol. The molecule has 8 aliphatic rings. The van der Waals surface area contributed by atoms with Crippen LogP contribution in [0.5, 0.6) is 0 Å². The molecule has 27 heteroatoms. The molecule has 8 rings (SSSR count). The van der Waals surface area contributed by atoms with E-state index in [1.807, 2.05) is 27.9 Å². The first-order chi connectivity index (χ1) is 47.0. The lowest BCUT2D eigenvalue weighted by molar-refractivity contribution is -0.113. The Hall–Kier alpha value is -1.08. The average Bonchev–Trinajstić information content (AvgIpc) is 1.82. The molecular weight excluding hydrogens is 1260 g/mol. The number of morpholine rings is 2. The second kappa shape index (κ2) is 97.0. The highest BCUT2D eigenvalue weighted by molar-refractivity contribution is 4.76. The summed E-state index contributed by atoms with van der Waals surface area (Å²) >= 11 is 0. The lowest BCUT2D eigenvalue weighted by Gasteiger charge is -2.34. The number of hydrogen-bond acceptors (Lipinski definition) is 27. The molecule has 0 amide bonds. The van der Waals surface area contributed by atoms with Gasteiger partial charge in [0, 0.05) is 225 Å². The standard InChI is InChI=1S/C8H17NO2.C7H15NO2.C7H15NO.C6H13NO.C5H11NO.C5H13NO.C5H10O2.C4H8O2.C4H10O2.C4H8O.C4H10O.C3H8O2.2C3H8O.C2H6O/c1-10-6-2-3-9-4-7-11-8-5-9;1-9-5-2-8-3-6-10-7-4-8;1-8-5-3-4-7(8)6-9-2;1-8-6-5-7-3-2-4-7;1-6-3-5(4-6)7-2;1-6(2)4-5-7-3;1-6-5-2-3-7-4-5;1-5-4-2-6-3-4;1-5-3-4-6-2;1-5-4-2-3-4;1-3-4-5-2;1-5-3-2-4;2*1-3-4-2;1-3-2/h2-8H2,1H3;2-7H2,1H3;7H,3-6H2,1-2H3;2-6H2,1H3;5H,3-4H2,1-2H3;4-5H2,1-3H3;5H,2-4H2,1H3;4H,2-3H2,1H3;3-4H2,1-2H3;4H,2-3H2,1H3;3-4H2,1-2H3;4H,2-3H2,1H3;2*3H2,1-2H3;1-2H3. The van der Waals surface area contributed by atoms with E-state index in [1.165, 1.54) is 51.7 Å². The molecule has 27 nitrogen and oxygen atoms in total. The Morgan fingerprint density at radius 2 is 0.814 bits per heavy atom. The largest absolute Gasteiger partial charge is 0.394 e. The minimum absolute atomic E-state index is 0.122. The van der Waals surface area contributed by atoms with E-state index in [0.29, 0.717) is 50.3 Å². The van der Waals surface area contributed by atoms with Gasteiger partial charge in [0.1, 0.15) is 6.10 Å². The van der Waals surface area contributed by atoms with Gasteiger partial charge in [0.2, 0.25) is 0 Å². The fraction of sp³-hybridized carbons (Fsp3) is 1.00. The lowest BCUT2D eigenvalue weighted by Crippen LogP contribution is -2.48. The van der Waals surface area contributed by atoms with E-state index in [4.69, 9.17) is 71.4 Å². The van der Waals surface area contributed by atoms with Crippen LogP contribution in [-0.4, -0.2) is 431 Å². The van der Waals surface area contributed by atoms with Crippen LogP contribution in [0.1, 0.15) is 72.1 Å². The molecule has 1 aliphatic carbocycles. The first kappa shape index (κ1) is 109. The van der Waals surface area contributed by atoms with Crippen LogP contribution in [0.2, 0.25) is 0 Å². The number of ether oxygens (including phenoxy) is 20. The minimum atomic E-state index is 0.122. The molecule has 7 aliphatic heterocycles. The van der Waals surface area contributed by atoms with Crippen molar-refractivity contribution in [2.45, 2.75) is 103 Å². The Labute approximate surface area is 596 Å². The molecule has 7 heterocycles. The van der Waals surface area contributed by atoms with Gasteiger partial charge in [0.25, 0.3) is 0 Å². The van der Waals surface area contributed by atoms with Gasteiger partial charge in [-0.25, -0.2) is 0 Å². The number of rotatable bonds is 28. The molecule has 0 bridgehead atoms. The Morgan fingerprint density at radius 1 is 0.392 bits per heavy atom. The molecule has 596 valence electrons. The van der Waals surface area contributed by atoms with Crippen molar-refractivity contribution in [2.24, 2.45) is 0 Å². The fourth-order valence-corrected chi connectivity index (χ4v) is 7.39. The molecular formula is C70H160N6O21. The van der Waals surface area contributed by atoms with Crippen LogP contribution in [0.25, 0.3) is 0 Å². The van der Waals surface area contributed by atoms with Crippen LogP contribution in [0.15, 0.2) is 0 Å². The van der Waals surface area contributed by atoms with E-state index < -0.39 is 0 Å². The Kier molecular flexibility index (Phi) is 109. The Morgan fingerprint density at radius 3 is 1.02 bits per heavy atom. The van der Waals surface area contributed by atoms with Gasteiger partial charge in [-0.05, 0) is 113 Å². The van der Waals surface area contributed by atoms with Crippen LogP contribution < -0.4 is 0 Å². The molecule has 0 aromatic carbocycles.